The summed E-state index contributed by atoms with van der Waals surface area (Å²) in [6.45, 7) is 0.0383. The first-order valence-corrected chi connectivity index (χ1v) is 13.2. The lowest BCUT2D eigenvalue weighted by Gasteiger charge is -2.29. The van der Waals surface area contributed by atoms with Gasteiger partial charge >= 0.3 is 12.1 Å². The van der Waals surface area contributed by atoms with E-state index in [1.165, 1.54) is 31.4 Å². The Hall–Kier alpha value is -3.81. The highest BCUT2D eigenvalue weighted by Gasteiger charge is 2.30. The van der Waals surface area contributed by atoms with Crippen LogP contribution in [0.2, 0.25) is 0 Å². The van der Waals surface area contributed by atoms with Crippen LogP contribution in [0.25, 0.3) is 11.1 Å². The van der Waals surface area contributed by atoms with Gasteiger partial charge in [0.05, 0.1) is 12.0 Å². The molecule has 2 N–H and O–H groups in total. The van der Waals surface area contributed by atoms with Crippen molar-refractivity contribution in [3.05, 3.63) is 89.5 Å². The Morgan fingerprint density at radius 2 is 1.59 bits per heavy atom. The van der Waals surface area contributed by atoms with Crippen molar-refractivity contribution < 1.29 is 32.6 Å². The minimum absolute atomic E-state index is 0.0383. The highest BCUT2D eigenvalue weighted by molar-refractivity contribution is 5.94. The highest BCUT2D eigenvalue weighted by atomic mass is 19.4. The largest absolute Gasteiger partial charge is 0.486 e. The van der Waals surface area contributed by atoms with Gasteiger partial charge in [0.15, 0.2) is 0 Å². The highest BCUT2D eigenvalue weighted by Crippen LogP contribution is 2.39. The van der Waals surface area contributed by atoms with Crippen molar-refractivity contribution in [1.29, 1.82) is 0 Å². The summed E-state index contributed by atoms with van der Waals surface area (Å²) < 4.78 is 45.9. The molecule has 1 atom stereocenters. The normalized spacial score (nSPS) is 14.9. The molecule has 0 radical (unpaired) electrons. The van der Waals surface area contributed by atoms with Gasteiger partial charge in [-0.2, -0.15) is 13.2 Å². The zero-order chi connectivity index (χ0) is 27.8. The summed E-state index contributed by atoms with van der Waals surface area (Å²) in [7, 11) is 0. The zero-order valence-corrected chi connectivity index (χ0v) is 21.5. The summed E-state index contributed by atoms with van der Waals surface area (Å²) in [6.07, 6.45) is 1.66. The maximum Gasteiger partial charge on any atom is 0.416 e. The zero-order valence-electron chi connectivity index (χ0n) is 21.5. The van der Waals surface area contributed by atoms with Crippen LogP contribution in [-0.4, -0.2) is 23.5 Å². The predicted molar refractivity (Wildman–Crippen MR) is 142 cm³/mol. The molecule has 1 amide bonds. The van der Waals surface area contributed by atoms with Crippen LogP contribution in [0.3, 0.4) is 0 Å². The first kappa shape index (κ1) is 28.2. The summed E-state index contributed by atoms with van der Waals surface area (Å²) in [6, 6.07) is 19.5. The Labute approximate surface area is 226 Å². The lowest BCUT2D eigenvalue weighted by atomic mass is 9.83. The number of ether oxygens (including phenoxy) is 1. The maximum absolute atomic E-state index is 13.1. The molecule has 0 saturated heterocycles. The van der Waals surface area contributed by atoms with Gasteiger partial charge in [0.25, 0.3) is 5.91 Å². The SMILES string of the molecule is O=C(O)CCNC(=O)c1ccc(OC(CC2CCCCC2)c2ccccc2-c2ccc(C(F)(F)F)cc2)cc1. The molecule has 1 unspecified atom stereocenters. The number of nitrogens with one attached hydrogen (secondary N) is 1. The number of aliphatic carboxylic acids is 1. The Morgan fingerprint density at radius 1 is 0.923 bits per heavy atom. The fourth-order valence-corrected chi connectivity index (χ4v) is 5.08. The van der Waals surface area contributed by atoms with Gasteiger partial charge in [0, 0.05) is 17.7 Å². The number of carbonyl (C=O) groups is 2. The molecule has 0 aliphatic heterocycles. The van der Waals surface area contributed by atoms with Gasteiger partial charge in [0.1, 0.15) is 11.9 Å². The van der Waals surface area contributed by atoms with Crippen LogP contribution >= 0.6 is 0 Å². The van der Waals surface area contributed by atoms with Gasteiger partial charge < -0.3 is 15.2 Å². The van der Waals surface area contributed by atoms with E-state index >= 15 is 0 Å². The van der Waals surface area contributed by atoms with Crippen LogP contribution < -0.4 is 10.1 Å². The predicted octanol–water partition coefficient (Wildman–Crippen LogP) is 7.67. The quantitative estimate of drug-likeness (QED) is 0.277. The molecule has 206 valence electrons. The summed E-state index contributed by atoms with van der Waals surface area (Å²) in [4.78, 5) is 23.0. The molecular weight excluding hydrogens is 507 g/mol. The van der Waals surface area contributed by atoms with Crippen molar-refractivity contribution >= 4 is 11.9 Å². The Balaban J connectivity index is 1.58. The molecule has 0 aromatic heterocycles. The van der Waals surface area contributed by atoms with E-state index in [1.54, 1.807) is 24.3 Å². The first-order chi connectivity index (χ1) is 18.7. The van der Waals surface area contributed by atoms with Crippen LogP contribution in [0, 0.1) is 5.92 Å². The molecule has 0 spiro atoms. The van der Waals surface area contributed by atoms with Crippen molar-refractivity contribution in [2.45, 2.75) is 57.2 Å². The number of carbonyl (C=O) groups excluding carboxylic acids is 1. The number of carboxylic acid groups (broad SMARTS) is 1. The average Bonchev–Trinajstić information content (AvgIpc) is 2.93. The number of amides is 1. The van der Waals surface area contributed by atoms with E-state index in [9.17, 15) is 22.8 Å². The van der Waals surface area contributed by atoms with E-state index in [-0.39, 0.29) is 25.0 Å². The van der Waals surface area contributed by atoms with Gasteiger partial charge in [-0.3, -0.25) is 9.59 Å². The molecule has 0 heterocycles. The lowest BCUT2D eigenvalue weighted by molar-refractivity contribution is -0.138. The Bertz CT molecular complexity index is 1250. The first-order valence-electron chi connectivity index (χ1n) is 13.2. The van der Waals surface area contributed by atoms with E-state index in [0.29, 0.717) is 22.8 Å². The molecule has 5 nitrogen and oxygen atoms in total. The van der Waals surface area contributed by atoms with Crippen molar-refractivity contribution in [2.75, 3.05) is 6.54 Å². The van der Waals surface area contributed by atoms with Crippen LogP contribution in [0.1, 0.15) is 72.5 Å². The van der Waals surface area contributed by atoms with E-state index in [2.05, 4.69) is 5.32 Å². The van der Waals surface area contributed by atoms with Crippen LogP contribution in [0.4, 0.5) is 13.2 Å². The van der Waals surface area contributed by atoms with E-state index in [4.69, 9.17) is 9.84 Å². The molecule has 8 heteroatoms. The number of hydrogen-bond donors (Lipinski definition) is 2. The summed E-state index contributed by atoms with van der Waals surface area (Å²) in [5.41, 5.74) is 2.11. The second-order valence-electron chi connectivity index (χ2n) is 9.93. The van der Waals surface area contributed by atoms with Gasteiger partial charge in [-0.25, -0.2) is 0 Å². The van der Waals surface area contributed by atoms with Crippen molar-refractivity contribution in [1.82, 2.24) is 5.32 Å². The molecule has 3 aromatic carbocycles. The maximum atomic E-state index is 13.1. The van der Waals surface area contributed by atoms with Crippen LogP contribution in [0.5, 0.6) is 5.75 Å². The standard InChI is InChI=1S/C31H32F3NO4/c32-31(33,34)24-14-10-22(11-15-24)26-8-4-5-9-27(26)28(20-21-6-2-1-3-7-21)39-25-16-12-23(13-17-25)30(38)35-19-18-29(36)37/h4-5,8-17,21,28H,1-3,6-7,18-20H2,(H,35,38)(H,36,37). The fraction of sp³-hybridized carbons (Fsp3) is 0.355. The molecule has 3 aromatic rings. The molecule has 39 heavy (non-hydrogen) atoms. The second-order valence-corrected chi connectivity index (χ2v) is 9.93. The van der Waals surface area contributed by atoms with E-state index in [1.807, 2.05) is 24.3 Å². The summed E-state index contributed by atoms with van der Waals surface area (Å²) in [5, 5.41) is 11.3. The number of alkyl halides is 3. The number of rotatable bonds is 10. The molecular formula is C31H32F3NO4. The fourth-order valence-electron chi connectivity index (χ4n) is 5.08. The Kier molecular flexibility index (Phi) is 9.28. The third kappa shape index (κ3) is 7.85. The average molecular weight is 540 g/mol. The summed E-state index contributed by atoms with van der Waals surface area (Å²) >= 11 is 0. The van der Waals surface area contributed by atoms with E-state index < -0.39 is 17.7 Å². The smallest absolute Gasteiger partial charge is 0.416 e. The van der Waals surface area contributed by atoms with Crippen LogP contribution in [0.15, 0.2) is 72.8 Å². The van der Waals surface area contributed by atoms with Crippen molar-refractivity contribution in [2.24, 2.45) is 5.92 Å². The molecule has 1 aliphatic rings. The number of halogens is 3. The molecule has 1 fully saturated rings. The molecule has 1 saturated carbocycles. The molecule has 1 aliphatic carbocycles. The number of carboxylic acids is 1. The third-order valence-corrected chi connectivity index (χ3v) is 7.12. The summed E-state index contributed by atoms with van der Waals surface area (Å²) in [5.74, 6) is -0.308. The monoisotopic (exact) mass is 539 g/mol. The minimum atomic E-state index is -4.40. The van der Waals surface area contributed by atoms with Gasteiger partial charge in [-0.05, 0) is 59.9 Å². The molecule has 0 bridgehead atoms. The van der Waals surface area contributed by atoms with Crippen molar-refractivity contribution in [3.63, 3.8) is 0 Å². The van der Waals surface area contributed by atoms with E-state index in [0.717, 1.165) is 42.5 Å². The number of hydrogen-bond acceptors (Lipinski definition) is 3. The topological polar surface area (TPSA) is 75.6 Å². The minimum Gasteiger partial charge on any atom is -0.486 e. The number of benzene rings is 3. The van der Waals surface area contributed by atoms with Gasteiger partial charge in [0.2, 0.25) is 0 Å². The lowest BCUT2D eigenvalue weighted by Crippen LogP contribution is -2.25. The van der Waals surface area contributed by atoms with Crippen molar-refractivity contribution in [3.8, 4) is 16.9 Å². The molecule has 4 rings (SSSR count). The Morgan fingerprint density at radius 3 is 2.23 bits per heavy atom. The third-order valence-electron chi connectivity index (χ3n) is 7.12. The second kappa shape index (κ2) is 12.8. The van der Waals surface area contributed by atoms with Gasteiger partial charge in [-0.15, -0.1) is 0 Å². The van der Waals surface area contributed by atoms with Gasteiger partial charge in [-0.1, -0.05) is 68.5 Å². The van der Waals surface area contributed by atoms with Crippen LogP contribution in [-0.2, 0) is 11.0 Å².